The Kier molecular flexibility index (Phi) is 1.64. The highest BCUT2D eigenvalue weighted by Crippen LogP contribution is 2.50. The van der Waals surface area contributed by atoms with Crippen molar-refractivity contribution in [3.8, 4) is 0 Å². The molecule has 0 N–H and O–H groups in total. The molecule has 66 valence electrons. The van der Waals surface area contributed by atoms with Crippen LogP contribution in [0.5, 0.6) is 0 Å². The third-order valence-corrected chi connectivity index (χ3v) is 3.82. The molecule has 2 rings (SSSR count). The highest BCUT2D eigenvalue weighted by molar-refractivity contribution is 5.97. The minimum atomic E-state index is 0.231. The van der Waals surface area contributed by atoms with E-state index in [1.807, 2.05) is 0 Å². The van der Waals surface area contributed by atoms with E-state index in [2.05, 4.69) is 19.9 Å². The largest absolute Gasteiger partial charge is 0.295 e. The standard InChI is InChI=1S/C11H16O/c1-8-5-6-10(12)9-4-3-7-11(8,9)2/h4,8H,3,5-7H2,1-2H3/t8-,11+/m0/s1. The van der Waals surface area contributed by atoms with Crippen molar-refractivity contribution in [3.05, 3.63) is 11.6 Å². The van der Waals surface area contributed by atoms with Gasteiger partial charge >= 0.3 is 0 Å². The summed E-state index contributed by atoms with van der Waals surface area (Å²) in [4.78, 5) is 11.6. The predicted octanol–water partition coefficient (Wildman–Crippen LogP) is 2.71. The molecule has 2 aliphatic rings. The van der Waals surface area contributed by atoms with Crippen LogP contribution in [0.2, 0.25) is 0 Å². The van der Waals surface area contributed by atoms with E-state index in [0.29, 0.717) is 11.7 Å². The highest BCUT2D eigenvalue weighted by atomic mass is 16.1. The first-order valence-corrected chi connectivity index (χ1v) is 4.88. The van der Waals surface area contributed by atoms with E-state index in [4.69, 9.17) is 0 Å². The monoisotopic (exact) mass is 164 g/mol. The minimum absolute atomic E-state index is 0.231. The first kappa shape index (κ1) is 8.03. The van der Waals surface area contributed by atoms with E-state index >= 15 is 0 Å². The normalized spacial score (nSPS) is 41.0. The number of allylic oxidation sites excluding steroid dienone is 2. The van der Waals surface area contributed by atoms with Gasteiger partial charge in [0.15, 0.2) is 5.78 Å². The number of ketones is 1. The summed E-state index contributed by atoms with van der Waals surface area (Å²) >= 11 is 0. The van der Waals surface area contributed by atoms with Crippen molar-refractivity contribution in [1.29, 1.82) is 0 Å². The zero-order valence-corrected chi connectivity index (χ0v) is 7.89. The van der Waals surface area contributed by atoms with Gasteiger partial charge in [0.1, 0.15) is 0 Å². The fourth-order valence-corrected chi connectivity index (χ4v) is 2.63. The summed E-state index contributed by atoms with van der Waals surface area (Å²) in [6.07, 6.45) is 6.34. The van der Waals surface area contributed by atoms with Gasteiger partial charge in [-0.2, -0.15) is 0 Å². The molecule has 2 aliphatic carbocycles. The van der Waals surface area contributed by atoms with Gasteiger partial charge in [-0.15, -0.1) is 0 Å². The number of hydrogen-bond acceptors (Lipinski definition) is 1. The Hall–Kier alpha value is -0.590. The Morgan fingerprint density at radius 3 is 3.00 bits per heavy atom. The van der Waals surface area contributed by atoms with Crippen LogP contribution in [0.25, 0.3) is 0 Å². The Bertz CT molecular complexity index is 252. The number of carbonyl (C=O) groups excluding carboxylic acids is 1. The summed E-state index contributed by atoms with van der Waals surface area (Å²) < 4.78 is 0. The molecule has 0 saturated heterocycles. The molecule has 1 fully saturated rings. The minimum Gasteiger partial charge on any atom is -0.295 e. The molecule has 0 aliphatic heterocycles. The summed E-state index contributed by atoms with van der Waals surface area (Å²) in [5.41, 5.74) is 1.37. The van der Waals surface area contributed by atoms with Crippen LogP contribution in [0.4, 0.5) is 0 Å². The van der Waals surface area contributed by atoms with Crippen LogP contribution < -0.4 is 0 Å². The predicted molar refractivity (Wildman–Crippen MR) is 48.8 cm³/mol. The summed E-state index contributed by atoms with van der Waals surface area (Å²) in [6, 6.07) is 0. The molecule has 0 bridgehead atoms. The SMILES string of the molecule is C[C@H]1CCC(=O)C2=CCC[C@@]21C. The Labute approximate surface area is 73.8 Å². The third kappa shape index (κ3) is 0.886. The van der Waals surface area contributed by atoms with Crippen molar-refractivity contribution >= 4 is 5.78 Å². The van der Waals surface area contributed by atoms with Crippen LogP contribution in [0.15, 0.2) is 11.6 Å². The lowest BCUT2D eigenvalue weighted by Crippen LogP contribution is -2.33. The first-order chi connectivity index (χ1) is 5.64. The van der Waals surface area contributed by atoms with Crippen molar-refractivity contribution in [2.75, 3.05) is 0 Å². The highest BCUT2D eigenvalue weighted by Gasteiger charge is 2.43. The molecule has 0 heterocycles. The van der Waals surface area contributed by atoms with Crippen molar-refractivity contribution in [2.45, 2.75) is 39.5 Å². The van der Waals surface area contributed by atoms with Crippen LogP contribution in [0.3, 0.4) is 0 Å². The smallest absolute Gasteiger partial charge is 0.159 e. The number of hydrogen-bond donors (Lipinski definition) is 0. The molecular weight excluding hydrogens is 148 g/mol. The number of rotatable bonds is 0. The van der Waals surface area contributed by atoms with Gasteiger partial charge in [-0.05, 0) is 36.2 Å². The molecule has 0 radical (unpaired) electrons. The molecule has 1 heteroatoms. The van der Waals surface area contributed by atoms with Gasteiger partial charge in [0.25, 0.3) is 0 Å². The van der Waals surface area contributed by atoms with Gasteiger partial charge in [-0.25, -0.2) is 0 Å². The van der Waals surface area contributed by atoms with Gasteiger partial charge in [0.2, 0.25) is 0 Å². The molecule has 0 amide bonds. The van der Waals surface area contributed by atoms with Crippen LogP contribution >= 0.6 is 0 Å². The maximum absolute atomic E-state index is 11.6. The van der Waals surface area contributed by atoms with E-state index in [9.17, 15) is 4.79 Å². The van der Waals surface area contributed by atoms with Gasteiger partial charge in [0.05, 0.1) is 0 Å². The molecule has 0 aromatic carbocycles. The fourth-order valence-electron chi connectivity index (χ4n) is 2.63. The number of Topliss-reactive ketones (excluding diaryl/α,β-unsaturated/α-hetero) is 1. The maximum Gasteiger partial charge on any atom is 0.159 e. The number of carbonyl (C=O) groups is 1. The van der Waals surface area contributed by atoms with Crippen molar-refractivity contribution in [3.63, 3.8) is 0 Å². The molecule has 1 saturated carbocycles. The third-order valence-electron chi connectivity index (χ3n) is 3.82. The zero-order chi connectivity index (χ0) is 8.77. The molecule has 0 spiro atoms. The Morgan fingerprint density at radius 1 is 1.58 bits per heavy atom. The molecule has 0 aromatic rings. The maximum atomic E-state index is 11.6. The van der Waals surface area contributed by atoms with E-state index in [-0.39, 0.29) is 5.41 Å². The van der Waals surface area contributed by atoms with E-state index in [1.54, 1.807) is 0 Å². The van der Waals surface area contributed by atoms with Crippen LogP contribution in [-0.2, 0) is 4.79 Å². The molecule has 2 atom stereocenters. The second-order valence-corrected chi connectivity index (χ2v) is 4.44. The molecule has 12 heavy (non-hydrogen) atoms. The molecule has 0 unspecified atom stereocenters. The Balaban J connectivity index is 2.37. The van der Waals surface area contributed by atoms with Gasteiger partial charge in [0, 0.05) is 6.42 Å². The molecule has 0 aromatic heterocycles. The lowest BCUT2D eigenvalue weighted by molar-refractivity contribution is -0.118. The van der Waals surface area contributed by atoms with Crippen LogP contribution in [0.1, 0.15) is 39.5 Å². The topological polar surface area (TPSA) is 17.1 Å². The van der Waals surface area contributed by atoms with Gasteiger partial charge < -0.3 is 0 Å². The van der Waals surface area contributed by atoms with Crippen molar-refractivity contribution in [1.82, 2.24) is 0 Å². The summed E-state index contributed by atoms with van der Waals surface area (Å²) in [7, 11) is 0. The van der Waals surface area contributed by atoms with Crippen molar-refractivity contribution in [2.24, 2.45) is 11.3 Å². The molecular formula is C11H16O. The van der Waals surface area contributed by atoms with Gasteiger partial charge in [-0.3, -0.25) is 4.79 Å². The lowest BCUT2D eigenvalue weighted by Gasteiger charge is -2.38. The second kappa shape index (κ2) is 2.45. The second-order valence-electron chi connectivity index (χ2n) is 4.44. The Morgan fingerprint density at radius 2 is 2.33 bits per heavy atom. The van der Waals surface area contributed by atoms with E-state index in [1.165, 1.54) is 6.42 Å². The van der Waals surface area contributed by atoms with E-state index < -0.39 is 0 Å². The quantitative estimate of drug-likeness (QED) is 0.538. The fraction of sp³-hybridized carbons (Fsp3) is 0.727. The van der Waals surface area contributed by atoms with Crippen molar-refractivity contribution < 1.29 is 4.79 Å². The average molecular weight is 164 g/mol. The first-order valence-electron chi connectivity index (χ1n) is 4.88. The van der Waals surface area contributed by atoms with Crippen LogP contribution in [0, 0.1) is 11.3 Å². The average Bonchev–Trinajstić information content (AvgIpc) is 2.42. The zero-order valence-electron chi connectivity index (χ0n) is 7.89. The van der Waals surface area contributed by atoms with Crippen LogP contribution in [-0.4, -0.2) is 5.78 Å². The van der Waals surface area contributed by atoms with Gasteiger partial charge in [-0.1, -0.05) is 19.9 Å². The number of fused-ring (bicyclic) bond motifs is 1. The summed E-state index contributed by atoms with van der Waals surface area (Å²) in [5, 5.41) is 0. The molecule has 1 nitrogen and oxygen atoms in total. The lowest BCUT2D eigenvalue weighted by atomic mass is 9.65. The van der Waals surface area contributed by atoms with E-state index in [0.717, 1.165) is 24.8 Å². The summed E-state index contributed by atoms with van der Waals surface area (Å²) in [6.45, 7) is 4.54. The summed E-state index contributed by atoms with van der Waals surface area (Å²) in [5.74, 6) is 1.11.